The molecule has 0 spiro atoms. The van der Waals surface area contributed by atoms with Gasteiger partial charge in [-0.2, -0.15) is 4.98 Å². The molecule has 1 aliphatic heterocycles. The van der Waals surface area contributed by atoms with Crippen LogP contribution in [0.5, 0.6) is 5.75 Å². The van der Waals surface area contributed by atoms with Gasteiger partial charge in [0.25, 0.3) is 5.89 Å². The van der Waals surface area contributed by atoms with Crippen molar-refractivity contribution in [3.05, 3.63) is 76.6 Å². The van der Waals surface area contributed by atoms with Gasteiger partial charge in [0.1, 0.15) is 11.6 Å². The molecule has 6 nitrogen and oxygen atoms in total. The fourth-order valence-corrected chi connectivity index (χ4v) is 3.77. The van der Waals surface area contributed by atoms with E-state index in [1.54, 1.807) is 12.1 Å². The second kappa shape index (κ2) is 9.26. The lowest BCUT2D eigenvalue weighted by Crippen LogP contribution is -2.39. The summed E-state index contributed by atoms with van der Waals surface area (Å²) in [6.45, 7) is 0.724. The van der Waals surface area contributed by atoms with Crippen LogP contribution in [0, 0.1) is 5.82 Å². The van der Waals surface area contributed by atoms with E-state index < -0.39 is 0 Å². The lowest BCUT2D eigenvalue weighted by molar-refractivity contribution is -0.134. The summed E-state index contributed by atoms with van der Waals surface area (Å²) in [7, 11) is 0. The first-order valence-corrected chi connectivity index (χ1v) is 10.2. The summed E-state index contributed by atoms with van der Waals surface area (Å²) >= 11 is 6.04. The lowest BCUT2D eigenvalue weighted by atomic mass is 10.00. The number of nitrogens with zero attached hydrogens (tertiary/aromatic N) is 3. The van der Waals surface area contributed by atoms with Gasteiger partial charge in [0.2, 0.25) is 5.91 Å². The molecule has 1 fully saturated rings. The lowest BCUT2D eigenvalue weighted by Gasteiger charge is -2.34. The monoisotopic (exact) mass is 429 g/mol. The Bertz CT molecular complexity index is 1010. The van der Waals surface area contributed by atoms with E-state index in [-0.39, 0.29) is 30.8 Å². The summed E-state index contributed by atoms with van der Waals surface area (Å²) < 4.78 is 23.8. The molecule has 0 saturated carbocycles. The average molecular weight is 430 g/mol. The normalized spacial score (nSPS) is 16.5. The first kappa shape index (κ1) is 20.3. The molecule has 0 radical (unpaired) electrons. The van der Waals surface area contributed by atoms with Crippen LogP contribution >= 0.6 is 11.6 Å². The van der Waals surface area contributed by atoms with Crippen molar-refractivity contribution in [1.82, 2.24) is 15.0 Å². The molecule has 0 N–H and O–H groups in total. The number of carbonyl (C=O) groups is 1. The van der Waals surface area contributed by atoms with E-state index in [9.17, 15) is 9.18 Å². The summed E-state index contributed by atoms with van der Waals surface area (Å²) in [5.74, 6) is 0.972. The zero-order valence-corrected chi connectivity index (χ0v) is 17.0. The molecule has 30 heavy (non-hydrogen) atoms. The maximum Gasteiger partial charge on any atom is 0.264 e. The van der Waals surface area contributed by atoms with Gasteiger partial charge in [0.05, 0.1) is 12.5 Å². The van der Waals surface area contributed by atoms with Crippen molar-refractivity contribution in [3.63, 3.8) is 0 Å². The standard InChI is InChI=1S/C22H21ClFN3O3/c23-16-5-3-4-15(12-16)13-21(28)27-11-2-1-6-19(27)22-25-20(30-26-22)14-29-18-9-7-17(24)8-10-18/h3-5,7-10,12,19H,1-2,6,11,13-14H2. The molecule has 1 saturated heterocycles. The SMILES string of the molecule is O=C(Cc1cccc(Cl)c1)N1CCCCC1c1noc(COc2ccc(F)cc2)n1. The molecule has 1 unspecified atom stereocenters. The number of piperidine rings is 1. The third-order valence-corrected chi connectivity index (χ3v) is 5.26. The Kier molecular flexibility index (Phi) is 6.28. The number of aromatic nitrogens is 2. The minimum Gasteiger partial charge on any atom is -0.484 e. The first-order chi connectivity index (χ1) is 14.6. The van der Waals surface area contributed by atoms with Gasteiger partial charge in [-0.1, -0.05) is 28.9 Å². The van der Waals surface area contributed by atoms with Crippen molar-refractivity contribution < 1.29 is 18.4 Å². The van der Waals surface area contributed by atoms with Crippen LogP contribution in [0.3, 0.4) is 0 Å². The van der Waals surface area contributed by atoms with Crippen LogP contribution in [0.2, 0.25) is 5.02 Å². The van der Waals surface area contributed by atoms with Crippen LogP contribution < -0.4 is 4.74 Å². The second-order valence-corrected chi connectivity index (χ2v) is 7.63. The van der Waals surface area contributed by atoms with Crippen molar-refractivity contribution in [2.75, 3.05) is 6.54 Å². The Hall–Kier alpha value is -2.93. The van der Waals surface area contributed by atoms with Crippen molar-refractivity contribution in [2.24, 2.45) is 0 Å². The van der Waals surface area contributed by atoms with Crippen LogP contribution in [0.4, 0.5) is 4.39 Å². The summed E-state index contributed by atoms with van der Waals surface area (Å²) in [5.41, 5.74) is 0.873. The molecule has 2 aromatic carbocycles. The fourth-order valence-electron chi connectivity index (χ4n) is 3.56. The topological polar surface area (TPSA) is 68.5 Å². The minimum absolute atomic E-state index is 0.0101. The molecule has 3 aromatic rings. The van der Waals surface area contributed by atoms with Crippen LogP contribution in [0.15, 0.2) is 53.1 Å². The number of hydrogen-bond donors (Lipinski definition) is 0. The van der Waals surface area contributed by atoms with E-state index in [1.165, 1.54) is 24.3 Å². The Labute approximate surface area is 178 Å². The van der Waals surface area contributed by atoms with Gasteiger partial charge in [-0.3, -0.25) is 4.79 Å². The smallest absolute Gasteiger partial charge is 0.264 e. The zero-order chi connectivity index (χ0) is 20.9. The molecule has 1 aliphatic rings. The first-order valence-electron chi connectivity index (χ1n) is 9.83. The highest BCUT2D eigenvalue weighted by Crippen LogP contribution is 2.30. The van der Waals surface area contributed by atoms with Crippen molar-refractivity contribution >= 4 is 17.5 Å². The molecule has 8 heteroatoms. The third kappa shape index (κ3) is 4.97. The van der Waals surface area contributed by atoms with Crippen LogP contribution in [0.25, 0.3) is 0 Å². The molecule has 1 atom stereocenters. The highest BCUT2D eigenvalue weighted by atomic mass is 35.5. The highest BCUT2D eigenvalue weighted by Gasteiger charge is 2.31. The van der Waals surface area contributed by atoms with Crippen molar-refractivity contribution in [1.29, 1.82) is 0 Å². The zero-order valence-electron chi connectivity index (χ0n) is 16.3. The summed E-state index contributed by atoms with van der Waals surface area (Å²) in [6.07, 6.45) is 2.98. The van der Waals surface area contributed by atoms with Crippen molar-refractivity contribution in [2.45, 2.75) is 38.3 Å². The Morgan fingerprint density at radius 2 is 2.07 bits per heavy atom. The van der Waals surface area contributed by atoms with Gasteiger partial charge in [0, 0.05) is 11.6 Å². The van der Waals surface area contributed by atoms with E-state index >= 15 is 0 Å². The largest absolute Gasteiger partial charge is 0.484 e. The fraction of sp³-hybridized carbons (Fsp3) is 0.318. The molecular weight excluding hydrogens is 409 g/mol. The number of hydrogen-bond acceptors (Lipinski definition) is 5. The number of rotatable bonds is 6. The Morgan fingerprint density at radius 1 is 1.23 bits per heavy atom. The number of benzene rings is 2. The maximum atomic E-state index is 13.0. The van der Waals surface area contributed by atoms with E-state index in [4.69, 9.17) is 20.9 Å². The van der Waals surface area contributed by atoms with Crippen LogP contribution in [0.1, 0.15) is 42.6 Å². The molecule has 4 rings (SSSR count). The van der Waals surface area contributed by atoms with Gasteiger partial charge < -0.3 is 14.2 Å². The molecule has 1 amide bonds. The predicted octanol–water partition coefficient (Wildman–Crippen LogP) is 4.74. The summed E-state index contributed by atoms with van der Waals surface area (Å²) in [5, 5.41) is 4.69. The molecule has 0 bridgehead atoms. The second-order valence-electron chi connectivity index (χ2n) is 7.19. The van der Waals surface area contributed by atoms with Gasteiger partial charge in [-0.05, 0) is 61.2 Å². The number of amides is 1. The average Bonchev–Trinajstić information content (AvgIpc) is 3.22. The maximum absolute atomic E-state index is 13.0. The molecule has 2 heterocycles. The highest BCUT2D eigenvalue weighted by molar-refractivity contribution is 6.30. The minimum atomic E-state index is -0.331. The number of ether oxygens (including phenoxy) is 1. The van der Waals surface area contributed by atoms with E-state index in [0.717, 1.165) is 24.8 Å². The summed E-state index contributed by atoms with van der Waals surface area (Å²) in [6, 6.07) is 12.8. The number of halogens is 2. The van der Waals surface area contributed by atoms with Gasteiger partial charge in [0.15, 0.2) is 12.4 Å². The quantitative estimate of drug-likeness (QED) is 0.566. The van der Waals surface area contributed by atoms with Crippen molar-refractivity contribution in [3.8, 4) is 5.75 Å². The number of likely N-dealkylation sites (tertiary alicyclic amines) is 1. The predicted molar refractivity (Wildman–Crippen MR) is 108 cm³/mol. The third-order valence-electron chi connectivity index (χ3n) is 5.03. The van der Waals surface area contributed by atoms with E-state index in [1.807, 2.05) is 17.0 Å². The van der Waals surface area contributed by atoms with Crippen LogP contribution in [-0.4, -0.2) is 27.5 Å². The summed E-state index contributed by atoms with van der Waals surface area (Å²) in [4.78, 5) is 19.2. The van der Waals surface area contributed by atoms with Gasteiger partial charge >= 0.3 is 0 Å². The molecule has 1 aromatic heterocycles. The Morgan fingerprint density at radius 3 is 2.87 bits per heavy atom. The van der Waals surface area contributed by atoms with E-state index in [2.05, 4.69) is 10.1 Å². The van der Waals surface area contributed by atoms with E-state index in [0.29, 0.717) is 29.0 Å². The molecule has 156 valence electrons. The van der Waals surface area contributed by atoms with Crippen LogP contribution in [-0.2, 0) is 17.8 Å². The van der Waals surface area contributed by atoms with Gasteiger partial charge in [-0.25, -0.2) is 4.39 Å². The number of carbonyl (C=O) groups excluding carboxylic acids is 1. The molecular formula is C22H21ClFN3O3. The molecule has 0 aliphatic carbocycles. The van der Waals surface area contributed by atoms with Gasteiger partial charge in [-0.15, -0.1) is 0 Å². The Balaban J connectivity index is 1.42.